The molecule has 4 heterocycles. The summed E-state index contributed by atoms with van der Waals surface area (Å²) in [6, 6.07) is 3.29. The molecule has 148 valence electrons. The molecule has 0 unspecified atom stereocenters. The number of H-pyrrole nitrogens is 1. The van der Waals surface area contributed by atoms with Crippen molar-refractivity contribution in [2.24, 2.45) is 0 Å². The molecule has 0 amide bonds. The summed E-state index contributed by atoms with van der Waals surface area (Å²) in [5.74, 6) is 1.69. The smallest absolute Gasteiger partial charge is 0.246 e. The van der Waals surface area contributed by atoms with Gasteiger partial charge in [-0.2, -0.15) is 9.40 Å². The van der Waals surface area contributed by atoms with E-state index in [-0.39, 0.29) is 4.90 Å². The Morgan fingerprint density at radius 3 is 2.54 bits per heavy atom. The third-order valence-corrected chi connectivity index (χ3v) is 7.11. The van der Waals surface area contributed by atoms with Crippen LogP contribution in [0.3, 0.4) is 0 Å². The SMILES string of the molecule is Cc1ncnc(N2CCN(S(=O)(=O)c3cc(-c4ccn[nH]4)oc3C)CC2)c1C. The number of anilines is 1. The Hall–Kier alpha value is -2.72. The molecule has 28 heavy (non-hydrogen) atoms. The Kier molecular flexibility index (Phi) is 4.68. The van der Waals surface area contributed by atoms with Gasteiger partial charge in [0.1, 0.15) is 28.5 Å². The molecule has 0 atom stereocenters. The number of aryl methyl sites for hydroxylation is 2. The van der Waals surface area contributed by atoms with Gasteiger partial charge in [0, 0.05) is 49.7 Å². The third kappa shape index (κ3) is 3.18. The lowest BCUT2D eigenvalue weighted by Gasteiger charge is -2.35. The highest BCUT2D eigenvalue weighted by Gasteiger charge is 2.32. The van der Waals surface area contributed by atoms with Crippen LogP contribution in [0.4, 0.5) is 5.82 Å². The Labute approximate surface area is 163 Å². The molecule has 1 aliphatic rings. The lowest BCUT2D eigenvalue weighted by Crippen LogP contribution is -2.49. The minimum Gasteiger partial charge on any atom is -0.458 e. The number of aromatic amines is 1. The molecule has 0 spiro atoms. The van der Waals surface area contributed by atoms with Crippen LogP contribution in [0.15, 0.2) is 34.0 Å². The van der Waals surface area contributed by atoms with Crippen molar-refractivity contribution in [2.45, 2.75) is 25.7 Å². The second kappa shape index (κ2) is 7.02. The topological polar surface area (TPSA) is 108 Å². The van der Waals surface area contributed by atoms with E-state index in [2.05, 4.69) is 25.1 Å². The molecule has 0 saturated carbocycles. The highest BCUT2D eigenvalue weighted by molar-refractivity contribution is 7.89. The summed E-state index contributed by atoms with van der Waals surface area (Å²) in [5, 5.41) is 6.67. The van der Waals surface area contributed by atoms with Crippen molar-refractivity contribution in [3.05, 3.63) is 41.7 Å². The van der Waals surface area contributed by atoms with Gasteiger partial charge in [-0.05, 0) is 26.8 Å². The Morgan fingerprint density at radius 1 is 1.11 bits per heavy atom. The van der Waals surface area contributed by atoms with Crippen LogP contribution >= 0.6 is 0 Å². The van der Waals surface area contributed by atoms with E-state index in [0.29, 0.717) is 43.4 Å². The maximum atomic E-state index is 13.2. The fraction of sp³-hybridized carbons (Fsp3) is 0.389. The summed E-state index contributed by atoms with van der Waals surface area (Å²) >= 11 is 0. The van der Waals surface area contributed by atoms with Gasteiger partial charge >= 0.3 is 0 Å². The molecule has 0 bridgehead atoms. The van der Waals surface area contributed by atoms with Gasteiger partial charge in [-0.1, -0.05) is 0 Å². The lowest BCUT2D eigenvalue weighted by atomic mass is 10.2. The molecule has 1 fully saturated rings. The predicted molar refractivity (Wildman–Crippen MR) is 104 cm³/mol. The molecule has 0 aromatic carbocycles. The van der Waals surface area contributed by atoms with Gasteiger partial charge in [0.2, 0.25) is 10.0 Å². The van der Waals surface area contributed by atoms with E-state index >= 15 is 0 Å². The van der Waals surface area contributed by atoms with Crippen LogP contribution in [-0.4, -0.2) is 59.1 Å². The molecule has 10 heteroatoms. The number of nitrogens with zero attached hydrogens (tertiary/aromatic N) is 5. The maximum absolute atomic E-state index is 13.2. The molecule has 3 aromatic heterocycles. The van der Waals surface area contributed by atoms with Crippen molar-refractivity contribution in [2.75, 3.05) is 31.1 Å². The van der Waals surface area contributed by atoms with Gasteiger partial charge < -0.3 is 9.32 Å². The van der Waals surface area contributed by atoms with Gasteiger partial charge in [0.15, 0.2) is 5.76 Å². The minimum absolute atomic E-state index is 0.194. The zero-order chi connectivity index (χ0) is 19.9. The maximum Gasteiger partial charge on any atom is 0.246 e. The number of nitrogens with one attached hydrogen (secondary N) is 1. The van der Waals surface area contributed by atoms with Crippen LogP contribution in [0.2, 0.25) is 0 Å². The van der Waals surface area contributed by atoms with Crippen LogP contribution in [-0.2, 0) is 10.0 Å². The largest absolute Gasteiger partial charge is 0.458 e. The summed E-state index contributed by atoms with van der Waals surface area (Å²) in [6.45, 7) is 7.50. The second-order valence-corrected chi connectivity index (χ2v) is 8.71. The number of hydrogen-bond acceptors (Lipinski definition) is 7. The molecule has 0 radical (unpaired) electrons. The first kappa shape index (κ1) is 18.6. The van der Waals surface area contributed by atoms with Crippen LogP contribution in [0.25, 0.3) is 11.5 Å². The zero-order valence-corrected chi connectivity index (χ0v) is 16.8. The van der Waals surface area contributed by atoms with E-state index in [1.807, 2.05) is 13.8 Å². The number of piperazine rings is 1. The first-order valence-corrected chi connectivity index (χ1v) is 10.5. The molecule has 3 aromatic rings. The third-order valence-electron chi connectivity index (χ3n) is 5.10. The summed E-state index contributed by atoms with van der Waals surface area (Å²) in [5.41, 5.74) is 2.60. The van der Waals surface area contributed by atoms with Crippen molar-refractivity contribution in [3.8, 4) is 11.5 Å². The molecule has 4 rings (SSSR count). The van der Waals surface area contributed by atoms with E-state index in [4.69, 9.17) is 4.42 Å². The summed E-state index contributed by atoms with van der Waals surface area (Å²) in [4.78, 5) is 10.9. The van der Waals surface area contributed by atoms with E-state index in [1.54, 1.807) is 31.6 Å². The standard InChI is InChI=1S/C18H22N6O3S/c1-12-13(2)19-11-20-18(12)23-6-8-24(9-7-23)28(25,26)17-10-16(27-14(17)3)15-4-5-21-22-15/h4-5,10-11H,6-9H2,1-3H3,(H,21,22). The molecule has 0 aliphatic carbocycles. The normalized spacial score (nSPS) is 15.9. The summed E-state index contributed by atoms with van der Waals surface area (Å²) < 4.78 is 33.5. The average molecular weight is 402 g/mol. The lowest BCUT2D eigenvalue weighted by molar-refractivity contribution is 0.382. The van der Waals surface area contributed by atoms with Crippen molar-refractivity contribution >= 4 is 15.8 Å². The molecular weight excluding hydrogens is 380 g/mol. The Bertz CT molecular complexity index is 1080. The van der Waals surface area contributed by atoms with Crippen LogP contribution in [0.5, 0.6) is 0 Å². The highest BCUT2D eigenvalue weighted by Crippen LogP contribution is 2.30. The first-order chi connectivity index (χ1) is 13.4. The van der Waals surface area contributed by atoms with Gasteiger partial charge in [0.05, 0.1) is 0 Å². The van der Waals surface area contributed by atoms with E-state index in [1.165, 1.54) is 4.31 Å². The molecular formula is C18H22N6O3S. The fourth-order valence-corrected chi connectivity index (χ4v) is 4.95. The van der Waals surface area contributed by atoms with Crippen molar-refractivity contribution < 1.29 is 12.8 Å². The summed E-state index contributed by atoms with van der Waals surface area (Å²) in [7, 11) is -3.64. The quantitative estimate of drug-likeness (QED) is 0.710. The number of sulfonamides is 1. The highest BCUT2D eigenvalue weighted by atomic mass is 32.2. The Balaban J connectivity index is 1.54. The van der Waals surface area contributed by atoms with E-state index in [0.717, 1.165) is 17.1 Å². The van der Waals surface area contributed by atoms with Crippen molar-refractivity contribution in [1.29, 1.82) is 0 Å². The molecule has 9 nitrogen and oxygen atoms in total. The van der Waals surface area contributed by atoms with Gasteiger partial charge in [-0.25, -0.2) is 18.4 Å². The molecule has 1 aliphatic heterocycles. The number of rotatable bonds is 4. The monoisotopic (exact) mass is 402 g/mol. The predicted octanol–water partition coefficient (Wildman–Crippen LogP) is 1.90. The number of hydrogen-bond donors (Lipinski definition) is 1. The molecule has 1 N–H and O–H groups in total. The number of aromatic nitrogens is 4. The summed E-state index contributed by atoms with van der Waals surface area (Å²) in [6.07, 6.45) is 3.14. The zero-order valence-electron chi connectivity index (χ0n) is 16.0. The second-order valence-electron chi connectivity index (χ2n) is 6.80. The van der Waals surface area contributed by atoms with Gasteiger partial charge in [0.25, 0.3) is 0 Å². The first-order valence-electron chi connectivity index (χ1n) is 9.01. The fourth-order valence-electron chi connectivity index (χ4n) is 3.37. The van der Waals surface area contributed by atoms with Gasteiger partial charge in [-0.3, -0.25) is 5.10 Å². The van der Waals surface area contributed by atoms with E-state index < -0.39 is 10.0 Å². The van der Waals surface area contributed by atoms with Crippen LogP contribution < -0.4 is 4.90 Å². The molecule has 1 saturated heterocycles. The van der Waals surface area contributed by atoms with Crippen molar-refractivity contribution in [3.63, 3.8) is 0 Å². The van der Waals surface area contributed by atoms with Crippen molar-refractivity contribution in [1.82, 2.24) is 24.5 Å². The number of furan rings is 1. The average Bonchev–Trinajstić information content (AvgIpc) is 3.34. The van der Waals surface area contributed by atoms with Gasteiger partial charge in [-0.15, -0.1) is 0 Å². The minimum atomic E-state index is -3.64. The van der Waals surface area contributed by atoms with Crippen LogP contribution in [0, 0.1) is 20.8 Å². The Morgan fingerprint density at radius 2 is 1.86 bits per heavy atom. The van der Waals surface area contributed by atoms with Crippen LogP contribution in [0.1, 0.15) is 17.0 Å². The van der Waals surface area contributed by atoms with E-state index in [9.17, 15) is 8.42 Å².